The van der Waals surface area contributed by atoms with Gasteiger partial charge in [0.25, 0.3) is 0 Å². The van der Waals surface area contributed by atoms with Crippen molar-refractivity contribution >= 4 is 11.6 Å². The van der Waals surface area contributed by atoms with E-state index in [1.54, 1.807) is 26.2 Å². The smallest absolute Gasteiger partial charge is 0.166 e. The summed E-state index contributed by atoms with van der Waals surface area (Å²) in [5, 5.41) is 11.3. The van der Waals surface area contributed by atoms with Crippen molar-refractivity contribution in [3.63, 3.8) is 0 Å². The summed E-state index contributed by atoms with van der Waals surface area (Å²) in [6.45, 7) is 9.79. The average Bonchev–Trinajstić information content (AvgIpc) is 2.90. The predicted octanol–water partition coefficient (Wildman–Crippen LogP) is 5.58. The topological polar surface area (TPSA) is 38.7 Å². The molecular weight excluding hydrogens is 372 g/mol. The van der Waals surface area contributed by atoms with Crippen LogP contribution in [-0.4, -0.2) is 24.9 Å². The van der Waals surface area contributed by atoms with Crippen LogP contribution in [0.2, 0.25) is 0 Å². The molecule has 0 aromatic carbocycles. The van der Waals surface area contributed by atoms with Crippen LogP contribution in [0.15, 0.2) is 83.4 Å². The molecule has 1 rings (SSSR count). The maximum atomic E-state index is 10.5. The van der Waals surface area contributed by atoms with Crippen LogP contribution in [0, 0.1) is 18.3 Å². The van der Waals surface area contributed by atoms with Gasteiger partial charge in [0, 0.05) is 22.9 Å². The summed E-state index contributed by atoms with van der Waals surface area (Å²) < 4.78 is 11.5. The molecule has 1 aliphatic rings. The van der Waals surface area contributed by atoms with E-state index in [9.17, 15) is 5.11 Å². The summed E-state index contributed by atoms with van der Waals surface area (Å²) in [6, 6.07) is 0. The zero-order valence-electron chi connectivity index (χ0n) is 16.7. The summed E-state index contributed by atoms with van der Waals surface area (Å²) in [4.78, 5) is 0. The zero-order chi connectivity index (χ0) is 20.9. The van der Waals surface area contributed by atoms with Gasteiger partial charge in [-0.2, -0.15) is 0 Å². The number of aliphatic hydroxyl groups is 1. The van der Waals surface area contributed by atoms with Crippen molar-refractivity contribution in [2.24, 2.45) is 5.92 Å². The van der Waals surface area contributed by atoms with Gasteiger partial charge in [0.05, 0.1) is 13.2 Å². The van der Waals surface area contributed by atoms with E-state index >= 15 is 0 Å². The Balaban J connectivity index is 2.74. The van der Waals surface area contributed by atoms with Crippen LogP contribution in [-0.2, 0) is 9.47 Å². The lowest BCUT2D eigenvalue weighted by Crippen LogP contribution is -2.20. The standard InChI is InChI=1S/C24H29ClO3/c1-6-12-20(25)14-9-8-13-18(3)17-28-22-16-11-10-15-21(24(22)27-5)23(26)19(4)7-2/h2,6,8-10,12,15-16,19,23,26H,1,3,11,13-14,17H2,4-5H3/b9-8?,20-12+. The van der Waals surface area contributed by atoms with E-state index in [1.807, 2.05) is 30.4 Å². The normalized spacial score (nSPS) is 16.8. The van der Waals surface area contributed by atoms with E-state index < -0.39 is 6.10 Å². The third kappa shape index (κ3) is 7.68. The molecule has 0 saturated carbocycles. The molecule has 2 unspecified atom stereocenters. The number of hydrogen-bond acceptors (Lipinski definition) is 3. The van der Waals surface area contributed by atoms with Crippen molar-refractivity contribution < 1.29 is 14.6 Å². The molecule has 1 N–H and O–H groups in total. The minimum absolute atomic E-state index is 0.341. The quantitative estimate of drug-likeness (QED) is 0.279. The fourth-order valence-electron chi connectivity index (χ4n) is 2.50. The molecule has 150 valence electrons. The number of hydrogen-bond donors (Lipinski definition) is 1. The van der Waals surface area contributed by atoms with Gasteiger partial charge in [0.2, 0.25) is 0 Å². The molecule has 0 radical (unpaired) electrons. The molecule has 0 aromatic heterocycles. The molecular formula is C24H29ClO3. The highest BCUT2D eigenvalue weighted by molar-refractivity contribution is 6.29. The second kappa shape index (κ2) is 12.9. The summed E-state index contributed by atoms with van der Waals surface area (Å²) >= 11 is 6.00. The number of terminal acetylenes is 1. The highest BCUT2D eigenvalue weighted by atomic mass is 35.5. The minimum Gasteiger partial charge on any atom is -0.492 e. The number of rotatable bonds is 11. The minimum atomic E-state index is -0.833. The van der Waals surface area contributed by atoms with Gasteiger partial charge in [0.1, 0.15) is 6.61 Å². The fourth-order valence-corrected chi connectivity index (χ4v) is 2.68. The lowest BCUT2D eigenvalue weighted by Gasteiger charge is -2.20. The molecule has 0 heterocycles. The Labute approximate surface area is 174 Å². The summed E-state index contributed by atoms with van der Waals surface area (Å²) in [7, 11) is 1.55. The lowest BCUT2D eigenvalue weighted by atomic mass is 9.96. The SMILES string of the molecule is C#CC(C)C(O)C1=C(OC)C(OCC(=C)CC=CC/C(Cl)=C\C=C)=CCC=C1. The van der Waals surface area contributed by atoms with Gasteiger partial charge in [-0.25, -0.2) is 0 Å². The molecule has 0 fully saturated rings. The Hall–Kier alpha value is -2.41. The van der Waals surface area contributed by atoms with Gasteiger partial charge in [-0.1, -0.05) is 55.1 Å². The molecule has 1 aliphatic carbocycles. The third-order valence-electron chi connectivity index (χ3n) is 4.10. The first kappa shape index (κ1) is 23.6. The van der Waals surface area contributed by atoms with Crippen molar-refractivity contribution in [3.8, 4) is 12.3 Å². The summed E-state index contributed by atoms with van der Waals surface area (Å²) in [6.07, 6.45) is 19.7. The van der Waals surface area contributed by atoms with Gasteiger partial charge in [-0.3, -0.25) is 0 Å². The molecule has 28 heavy (non-hydrogen) atoms. The highest BCUT2D eigenvalue weighted by Gasteiger charge is 2.23. The van der Waals surface area contributed by atoms with E-state index in [0.29, 0.717) is 43.0 Å². The second-order valence-electron chi connectivity index (χ2n) is 6.36. The summed E-state index contributed by atoms with van der Waals surface area (Å²) in [5.74, 6) is 3.29. The first-order chi connectivity index (χ1) is 13.4. The Morgan fingerprint density at radius 2 is 2.14 bits per heavy atom. The van der Waals surface area contributed by atoms with Crippen molar-refractivity contribution in [2.45, 2.75) is 32.3 Å². The van der Waals surface area contributed by atoms with Crippen molar-refractivity contribution in [1.29, 1.82) is 0 Å². The van der Waals surface area contributed by atoms with Crippen molar-refractivity contribution in [1.82, 2.24) is 0 Å². The van der Waals surface area contributed by atoms with Crippen LogP contribution in [0.1, 0.15) is 26.2 Å². The van der Waals surface area contributed by atoms with E-state index in [-0.39, 0.29) is 5.92 Å². The predicted molar refractivity (Wildman–Crippen MR) is 117 cm³/mol. The van der Waals surface area contributed by atoms with Gasteiger partial charge in [0.15, 0.2) is 11.5 Å². The number of allylic oxidation sites excluding steroid dienone is 7. The third-order valence-corrected chi connectivity index (χ3v) is 4.38. The molecule has 3 nitrogen and oxygen atoms in total. The van der Waals surface area contributed by atoms with E-state index in [4.69, 9.17) is 27.5 Å². The number of aliphatic hydroxyl groups excluding tert-OH is 1. The first-order valence-corrected chi connectivity index (χ1v) is 9.53. The van der Waals surface area contributed by atoms with Gasteiger partial charge < -0.3 is 14.6 Å². The number of ether oxygens (including phenoxy) is 2. The largest absolute Gasteiger partial charge is 0.492 e. The van der Waals surface area contributed by atoms with Crippen LogP contribution in [0.25, 0.3) is 0 Å². The van der Waals surface area contributed by atoms with Crippen LogP contribution >= 0.6 is 11.6 Å². The summed E-state index contributed by atoms with van der Waals surface area (Å²) in [5.41, 5.74) is 1.53. The monoisotopic (exact) mass is 400 g/mol. The van der Waals surface area contributed by atoms with Crippen LogP contribution < -0.4 is 0 Å². The molecule has 2 atom stereocenters. The van der Waals surface area contributed by atoms with E-state index in [0.717, 1.165) is 10.6 Å². The number of methoxy groups -OCH3 is 1. The first-order valence-electron chi connectivity index (χ1n) is 9.15. The number of halogens is 1. The van der Waals surface area contributed by atoms with E-state index in [2.05, 4.69) is 19.1 Å². The van der Waals surface area contributed by atoms with Crippen LogP contribution in [0.4, 0.5) is 0 Å². The maximum Gasteiger partial charge on any atom is 0.166 e. The molecule has 0 aromatic rings. The Bertz CT molecular complexity index is 744. The molecule has 0 saturated heterocycles. The molecule has 0 amide bonds. The van der Waals surface area contributed by atoms with Gasteiger partial charge in [-0.05, 0) is 37.5 Å². The zero-order valence-corrected chi connectivity index (χ0v) is 17.4. The Morgan fingerprint density at radius 1 is 1.43 bits per heavy atom. The highest BCUT2D eigenvalue weighted by Crippen LogP contribution is 2.27. The Kier molecular flexibility index (Phi) is 10.9. The second-order valence-corrected chi connectivity index (χ2v) is 6.85. The van der Waals surface area contributed by atoms with Crippen molar-refractivity contribution in [3.05, 3.63) is 83.4 Å². The Morgan fingerprint density at radius 3 is 2.79 bits per heavy atom. The van der Waals surface area contributed by atoms with Crippen LogP contribution in [0.3, 0.4) is 0 Å². The van der Waals surface area contributed by atoms with Crippen LogP contribution in [0.5, 0.6) is 0 Å². The average molecular weight is 401 g/mol. The van der Waals surface area contributed by atoms with Gasteiger partial charge >= 0.3 is 0 Å². The van der Waals surface area contributed by atoms with E-state index in [1.165, 1.54) is 0 Å². The fraction of sp³-hybridized carbons (Fsp3) is 0.333. The van der Waals surface area contributed by atoms with Gasteiger partial charge in [-0.15, -0.1) is 12.3 Å². The molecule has 4 heteroatoms. The molecule has 0 spiro atoms. The van der Waals surface area contributed by atoms with Crippen molar-refractivity contribution in [2.75, 3.05) is 13.7 Å². The lowest BCUT2D eigenvalue weighted by molar-refractivity contribution is 0.156. The maximum absolute atomic E-state index is 10.5. The molecule has 0 aliphatic heterocycles. The molecule has 0 bridgehead atoms.